The predicted octanol–water partition coefficient (Wildman–Crippen LogP) is 1.75. The smallest absolute Gasteiger partial charge is 0.307 e. The van der Waals surface area contributed by atoms with Crippen molar-refractivity contribution in [2.75, 3.05) is 0 Å². The standard InChI is InChI=1S/C14H14N2O3/c1-14(2)9(10(14)13(18)19)11-15-8-6-4-3-5-7(8)12(17)16-11/h3-6,9-10H,1-2H3,(H,18,19)(H,15,16,17)/t9-,10+/m1/s1. The predicted molar refractivity (Wildman–Crippen MR) is 70.0 cm³/mol. The van der Waals surface area contributed by atoms with E-state index in [4.69, 9.17) is 0 Å². The van der Waals surface area contributed by atoms with E-state index in [1.54, 1.807) is 18.2 Å². The van der Waals surface area contributed by atoms with Crippen molar-refractivity contribution < 1.29 is 9.90 Å². The van der Waals surface area contributed by atoms with E-state index in [0.717, 1.165) is 0 Å². The zero-order valence-corrected chi connectivity index (χ0v) is 10.7. The van der Waals surface area contributed by atoms with E-state index < -0.39 is 11.9 Å². The number of fused-ring (bicyclic) bond motifs is 1. The van der Waals surface area contributed by atoms with Crippen LogP contribution in [0.5, 0.6) is 0 Å². The molecule has 5 heteroatoms. The summed E-state index contributed by atoms with van der Waals surface area (Å²) < 4.78 is 0. The van der Waals surface area contributed by atoms with E-state index >= 15 is 0 Å². The van der Waals surface area contributed by atoms with Crippen LogP contribution in [-0.2, 0) is 4.79 Å². The van der Waals surface area contributed by atoms with Crippen LogP contribution < -0.4 is 5.56 Å². The highest BCUT2D eigenvalue weighted by Gasteiger charge is 2.64. The number of nitrogens with one attached hydrogen (secondary N) is 1. The molecule has 0 saturated heterocycles. The summed E-state index contributed by atoms with van der Waals surface area (Å²) in [5, 5.41) is 9.71. The van der Waals surface area contributed by atoms with Gasteiger partial charge in [-0.25, -0.2) is 4.98 Å². The fourth-order valence-corrected chi connectivity index (χ4v) is 2.86. The lowest BCUT2D eigenvalue weighted by Crippen LogP contribution is -2.12. The molecule has 0 amide bonds. The van der Waals surface area contributed by atoms with Crippen LogP contribution >= 0.6 is 0 Å². The third kappa shape index (κ3) is 1.65. The van der Waals surface area contributed by atoms with Crippen LogP contribution in [0.2, 0.25) is 0 Å². The molecule has 1 aliphatic carbocycles. The first-order chi connectivity index (χ1) is 8.93. The first-order valence-electron chi connectivity index (χ1n) is 6.14. The molecule has 1 aromatic heterocycles. The Morgan fingerprint density at radius 2 is 2.05 bits per heavy atom. The number of hydrogen-bond acceptors (Lipinski definition) is 3. The van der Waals surface area contributed by atoms with Crippen LogP contribution in [0.1, 0.15) is 25.6 Å². The van der Waals surface area contributed by atoms with Gasteiger partial charge in [0.05, 0.1) is 16.8 Å². The van der Waals surface area contributed by atoms with E-state index in [1.165, 1.54) is 0 Å². The third-order valence-corrected chi connectivity index (χ3v) is 4.02. The molecular weight excluding hydrogens is 244 g/mol. The molecule has 0 spiro atoms. The summed E-state index contributed by atoms with van der Waals surface area (Å²) in [7, 11) is 0. The Labute approximate surface area is 109 Å². The van der Waals surface area contributed by atoms with Gasteiger partial charge in [0, 0.05) is 5.92 Å². The third-order valence-electron chi connectivity index (χ3n) is 4.02. The Balaban J connectivity index is 2.13. The van der Waals surface area contributed by atoms with Gasteiger partial charge in [-0.3, -0.25) is 9.59 Å². The lowest BCUT2D eigenvalue weighted by Gasteiger charge is -2.03. The van der Waals surface area contributed by atoms with Crippen LogP contribution in [-0.4, -0.2) is 21.0 Å². The Morgan fingerprint density at radius 1 is 1.37 bits per heavy atom. The van der Waals surface area contributed by atoms with Gasteiger partial charge < -0.3 is 10.1 Å². The number of rotatable bonds is 2. The molecule has 1 aliphatic rings. The summed E-state index contributed by atoms with van der Waals surface area (Å²) in [6.07, 6.45) is 0. The molecule has 3 rings (SSSR count). The molecule has 5 nitrogen and oxygen atoms in total. The lowest BCUT2D eigenvalue weighted by molar-refractivity contribution is -0.139. The van der Waals surface area contributed by atoms with Crippen molar-refractivity contribution in [1.82, 2.24) is 9.97 Å². The second-order valence-electron chi connectivity index (χ2n) is 5.58. The van der Waals surface area contributed by atoms with Gasteiger partial charge in [-0.05, 0) is 17.5 Å². The van der Waals surface area contributed by atoms with Crippen molar-refractivity contribution in [3.63, 3.8) is 0 Å². The second kappa shape index (κ2) is 3.66. The summed E-state index contributed by atoms with van der Waals surface area (Å²) >= 11 is 0. The van der Waals surface area contributed by atoms with Crippen LogP contribution in [0.15, 0.2) is 29.1 Å². The van der Waals surface area contributed by atoms with Crippen molar-refractivity contribution in [2.45, 2.75) is 19.8 Å². The van der Waals surface area contributed by atoms with Crippen molar-refractivity contribution >= 4 is 16.9 Å². The van der Waals surface area contributed by atoms with E-state index in [2.05, 4.69) is 9.97 Å². The zero-order chi connectivity index (χ0) is 13.8. The van der Waals surface area contributed by atoms with Crippen LogP contribution in [0.3, 0.4) is 0 Å². The molecule has 0 radical (unpaired) electrons. The molecule has 1 saturated carbocycles. The maximum absolute atomic E-state index is 12.0. The Hall–Kier alpha value is -2.17. The molecule has 0 bridgehead atoms. The summed E-state index contributed by atoms with van der Waals surface area (Å²) in [5.74, 6) is -1.09. The molecular formula is C14H14N2O3. The average molecular weight is 258 g/mol. The van der Waals surface area contributed by atoms with Crippen LogP contribution in [0, 0.1) is 11.3 Å². The second-order valence-corrected chi connectivity index (χ2v) is 5.58. The molecule has 2 N–H and O–H groups in total. The van der Waals surface area contributed by atoms with Crippen molar-refractivity contribution in [3.8, 4) is 0 Å². The Morgan fingerprint density at radius 3 is 2.68 bits per heavy atom. The van der Waals surface area contributed by atoms with Crippen LogP contribution in [0.25, 0.3) is 10.9 Å². The number of nitrogens with zero attached hydrogens (tertiary/aromatic N) is 1. The SMILES string of the molecule is CC1(C)[C@H](C(=O)O)[C@@H]1c1nc2ccccc2c(=O)[nH]1. The molecule has 2 atom stereocenters. The van der Waals surface area contributed by atoms with Gasteiger partial charge in [0.1, 0.15) is 5.82 Å². The quantitative estimate of drug-likeness (QED) is 0.859. The number of aromatic nitrogens is 2. The first kappa shape index (κ1) is 11.9. The molecule has 1 aromatic carbocycles. The normalized spacial score (nSPS) is 24.3. The molecule has 0 aliphatic heterocycles. The number of aromatic amines is 1. The molecule has 1 heterocycles. The maximum atomic E-state index is 12.0. The Kier molecular flexibility index (Phi) is 2.29. The lowest BCUT2D eigenvalue weighted by atomic mass is 10.1. The minimum Gasteiger partial charge on any atom is -0.481 e. The maximum Gasteiger partial charge on any atom is 0.307 e. The average Bonchev–Trinajstić information content (AvgIpc) is 2.92. The number of aliphatic carboxylic acids is 1. The molecule has 0 unspecified atom stereocenters. The van der Waals surface area contributed by atoms with E-state index in [-0.39, 0.29) is 16.9 Å². The minimum absolute atomic E-state index is 0.215. The fraction of sp³-hybridized carbons (Fsp3) is 0.357. The molecule has 19 heavy (non-hydrogen) atoms. The van der Waals surface area contributed by atoms with Gasteiger partial charge in [-0.15, -0.1) is 0 Å². The van der Waals surface area contributed by atoms with Crippen molar-refractivity contribution in [1.29, 1.82) is 0 Å². The van der Waals surface area contributed by atoms with Gasteiger partial charge in [-0.2, -0.15) is 0 Å². The monoisotopic (exact) mass is 258 g/mol. The van der Waals surface area contributed by atoms with Gasteiger partial charge in [0.2, 0.25) is 0 Å². The highest BCUT2D eigenvalue weighted by Crippen LogP contribution is 2.63. The largest absolute Gasteiger partial charge is 0.481 e. The Bertz CT molecular complexity index is 733. The number of hydrogen-bond donors (Lipinski definition) is 2. The number of H-pyrrole nitrogens is 1. The number of para-hydroxylation sites is 1. The fourth-order valence-electron chi connectivity index (χ4n) is 2.86. The summed E-state index contributed by atoms with van der Waals surface area (Å²) in [5.41, 5.74) is 0.0186. The summed E-state index contributed by atoms with van der Waals surface area (Å²) in [4.78, 5) is 30.3. The van der Waals surface area contributed by atoms with Crippen molar-refractivity contribution in [3.05, 3.63) is 40.4 Å². The summed E-state index contributed by atoms with van der Waals surface area (Å²) in [6, 6.07) is 7.06. The van der Waals surface area contributed by atoms with E-state index in [0.29, 0.717) is 16.7 Å². The number of carboxylic acid groups (broad SMARTS) is 1. The minimum atomic E-state index is -0.842. The number of benzene rings is 1. The van der Waals surface area contributed by atoms with E-state index in [1.807, 2.05) is 19.9 Å². The number of carbonyl (C=O) groups is 1. The molecule has 1 fully saturated rings. The molecule has 98 valence electrons. The highest BCUT2D eigenvalue weighted by atomic mass is 16.4. The summed E-state index contributed by atoms with van der Waals surface area (Å²) in [6.45, 7) is 3.76. The van der Waals surface area contributed by atoms with Gasteiger partial charge >= 0.3 is 5.97 Å². The highest BCUT2D eigenvalue weighted by molar-refractivity contribution is 5.79. The number of carboxylic acids is 1. The van der Waals surface area contributed by atoms with Gasteiger partial charge in [0.25, 0.3) is 5.56 Å². The molecule has 2 aromatic rings. The topological polar surface area (TPSA) is 83.0 Å². The van der Waals surface area contributed by atoms with E-state index in [9.17, 15) is 14.7 Å². The zero-order valence-electron chi connectivity index (χ0n) is 10.7. The van der Waals surface area contributed by atoms with Gasteiger partial charge in [-0.1, -0.05) is 26.0 Å². The first-order valence-corrected chi connectivity index (χ1v) is 6.14. The van der Waals surface area contributed by atoms with Crippen LogP contribution in [0.4, 0.5) is 0 Å². The van der Waals surface area contributed by atoms with Gasteiger partial charge in [0.15, 0.2) is 0 Å². The van der Waals surface area contributed by atoms with Crippen molar-refractivity contribution in [2.24, 2.45) is 11.3 Å².